The molecule has 0 aromatic carbocycles. The Balaban J connectivity index is 2.16. The van der Waals surface area contributed by atoms with Gasteiger partial charge in [0.25, 0.3) is 0 Å². The Morgan fingerprint density at radius 1 is 1.45 bits per heavy atom. The average Bonchev–Trinajstić information content (AvgIpc) is 2.58. The topological polar surface area (TPSA) is 59.9 Å². The van der Waals surface area contributed by atoms with Crippen LogP contribution >= 0.6 is 0 Å². The summed E-state index contributed by atoms with van der Waals surface area (Å²) >= 11 is 0. The Hall–Kier alpha value is -1.07. The Labute approximate surface area is 63.8 Å². The van der Waals surface area contributed by atoms with Crippen LogP contribution in [0.1, 0.15) is 12.1 Å². The summed E-state index contributed by atoms with van der Waals surface area (Å²) in [5.74, 6) is 0.650. The van der Waals surface area contributed by atoms with E-state index in [1.54, 1.807) is 0 Å². The molecule has 2 rings (SSSR count). The van der Waals surface area contributed by atoms with E-state index in [1.165, 1.54) is 12.7 Å². The van der Waals surface area contributed by atoms with Gasteiger partial charge in [-0.15, -0.1) is 0 Å². The minimum absolute atomic E-state index is 0.141. The van der Waals surface area contributed by atoms with E-state index in [-0.39, 0.29) is 6.23 Å². The maximum Gasteiger partial charge on any atom is 0.175 e. The summed E-state index contributed by atoms with van der Waals surface area (Å²) in [6.45, 7) is 1.58. The van der Waals surface area contributed by atoms with Gasteiger partial charge in [0.2, 0.25) is 0 Å². The molecule has 1 aromatic heterocycles. The molecule has 2 heterocycles. The number of nitrogens with one attached hydrogen (secondary N) is 1. The molecule has 1 aliphatic heterocycles. The van der Waals surface area contributed by atoms with E-state index >= 15 is 0 Å². The number of nitrogens with zero attached hydrogens (tertiary/aromatic N) is 3. The first kappa shape index (κ1) is 6.63. The van der Waals surface area contributed by atoms with Crippen LogP contribution < -0.4 is 5.32 Å². The molecule has 1 unspecified atom stereocenters. The highest BCUT2D eigenvalue weighted by atomic mass is 16.5. The molecule has 0 radical (unpaired) electrons. The first-order valence-corrected chi connectivity index (χ1v) is 3.44. The number of ether oxygens (including phenoxy) is 1. The summed E-state index contributed by atoms with van der Waals surface area (Å²) in [5.41, 5.74) is 0. The maximum absolute atomic E-state index is 5.28. The van der Waals surface area contributed by atoms with Gasteiger partial charge in [-0.05, 0) is 0 Å². The lowest BCUT2D eigenvalue weighted by molar-refractivity contribution is 0.0945. The van der Waals surface area contributed by atoms with E-state index < -0.39 is 0 Å². The van der Waals surface area contributed by atoms with E-state index in [0.717, 1.165) is 13.2 Å². The van der Waals surface area contributed by atoms with E-state index in [9.17, 15) is 0 Å². The molecule has 58 valence electrons. The molecule has 0 saturated carbocycles. The predicted octanol–water partition coefficient (Wildman–Crippen LogP) is -0.510. The average molecular weight is 152 g/mol. The van der Waals surface area contributed by atoms with Gasteiger partial charge in [0.05, 0.1) is 6.61 Å². The quantitative estimate of drug-likeness (QED) is 0.587. The maximum atomic E-state index is 5.28. The fourth-order valence-electron chi connectivity index (χ4n) is 0.975. The largest absolute Gasteiger partial charge is 0.354 e. The molecule has 1 aromatic rings. The third-order valence-corrected chi connectivity index (χ3v) is 1.46. The van der Waals surface area contributed by atoms with Gasteiger partial charge in [0, 0.05) is 6.54 Å². The van der Waals surface area contributed by atoms with Crippen LogP contribution in [0, 0.1) is 0 Å². The molecular weight excluding hydrogens is 144 g/mol. The van der Waals surface area contributed by atoms with Crippen molar-refractivity contribution in [1.29, 1.82) is 0 Å². The van der Waals surface area contributed by atoms with Crippen LogP contribution in [-0.4, -0.2) is 28.1 Å². The monoisotopic (exact) mass is 152 g/mol. The van der Waals surface area contributed by atoms with Crippen molar-refractivity contribution in [2.24, 2.45) is 0 Å². The van der Waals surface area contributed by atoms with Gasteiger partial charge in [-0.3, -0.25) is 5.32 Å². The van der Waals surface area contributed by atoms with Gasteiger partial charge in [-0.1, -0.05) is 0 Å². The molecule has 1 saturated heterocycles. The van der Waals surface area contributed by atoms with Gasteiger partial charge < -0.3 is 4.74 Å². The Morgan fingerprint density at radius 2 is 2.27 bits per heavy atom. The Kier molecular flexibility index (Phi) is 1.74. The number of rotatable bonds is 1. The molecule has 1 fully saturated rings. The van der Waals surface area contributed by atoms with Gasteiger partial charge in [-0.25, -0.2) is 15.0 Å². The van der Waals surface area contributed by atoms with Crippen molar-refractivity contribution in [3.05, 3.63) is 18.5 Å². The van der Waals surface area contributed by atoms with Crippen LogP contribution in [0.3, 0.4) is 0 Å². The number of hydrogen-bond acceptors (Lipinski definition) is 5. The van der Waals surface area contributed by atoms with E-state index in [0.29, 0.717) is 5.82 Å². The standard InChI is InChI=1S/C6H8N4O/c1-2-11-6(8-1)5-9-3-7-4-10-5/h3-4,6,8H,1-2H2. The van der Waals surface area contributed by atoms with E-state index in [1.807, 2.05) is 0 Å². The summed E-state index contributed by atoms with van der Waals surface area (Å²) in [6, 6.07) is 0. The zero-order valence-corrected chi connectivity index (χ0v) is 5.90. The first-order valence-electron chi connectivity index (χ1n) is 3.44. The Bertz CT molecular complexity index is 221. The molecule has 0 aliphatic carbocycles. The molecule has 0 spiro atoms. The molecule has 5 heteroatoms. The Morgan fingerprint density at radius 3 is 2.91 bits per heavy atom. The first-order chi connectivity index (χ1) is 5.47. The zero-order chi connectivity index (χ0) is 7.52. The van der Waals surface area contributed by atoms with Crippen molar-refractivity contribution in [3.8, 4) is 0 Å². The highest BCUT2D eigenvalue weighted by molar-refractivity contribution is 4.88. The fourth-order valence-corrected chi connectivity index (χ4v) is 0.975. The van der Waals surface area contributed by atoms with Crippen molar-refractivity contribution < 1.29 is 4.74 Å². The summed E-state index contributed by atoms with van der Waals surface area (Å²) < 4.78 is 5.28. The van der Waals surface area contributed by atoms with Gasteiger partial charge >= 0.3 is 0 Å². The highest BCUT2D eigenvalue weighted by Gasteiger charge is 2.18. The predicted molar refractivity (Wildman–Crippen MR) is 36.5 cm³/mol. The minimum atomic E-state index is -0.141. The summed E-state index contributed by atoms with van der Waals surface area (Å²) in [4.78, 5) is 11.6. The third-order valence-electron chi connectivity index (χ3n) is 1.46. The van der Waals surface area contributed by atoms with Crippen molar-refractivity contribution in [2.45, 2.75) is 6.23 Å². The second-order valence-electron chi connectivity index (χ2n) is 2.20. The normalized spacial score (nSPS) is 23.8. The van der Waals surface area contributed by atoms with Gasteiger partial charge in [0.1, 0.15) is 12.7 Å². The van der Waals surface area contributed by atoms with Crippen LogP contribution in [0.4, 0.5) is 0 Å². The van der Waals surface area contributed by atoms with E-state index in [4.69, 9.17) is 4.74 Å². The SMILES string of the molecule is c1ncnc(C2NCCO2)n1. The molecule has 5 nitrogen and oxygen atoms in total. The van der Waals surface area contributed by atoms with Crippen LogP contribution in [0.15, 0.2) is 12.7 Å². The molecule has 1 atom stereocenters. The van der Waals surface area contributed by atoms with Crippen molar-refractivity contribution in [1.82, 2.24) is 20.3 Å². The number of aromatic nitrogens is 3. The van der Waals surface area contributed by atoms with Crippen molar-refractivity contribution in [3.63, 3.8) is 0 Å². The third kappa shape index (κ3) is 1.33. The fraction of sp³-hybridized carbons (Fsp3) is 0.500. The molecule has 0 amide bonds. The smallest absolute Gasteiger partial charge is 0.175 e. The van der Waals surface area contributed by atoms with Crippen LogP contribution in [0.5, 0.6) is 0 Å². The van der Waals surface area contributed by atoms with Crippen molar-refractivity contribution in [2.75, 3.05) is 13.2 Å². The van der Waals surface area contributed by atoms with Crippen LogP contribution in [-0.2, 0) is 4.74 Å². The van der Waals surface area contributed by atoms with Gasteiger partial charge in [-0.2, -0.15) is 0 Å². The second kappa shape index (κ2) is 2.89. The summed E-state index contributed by atoms with van der Waals surface area (Å²) in [5, 5.41) is 3.10. The van der Waals surface area contributed by atoms with E-state index in [2.05, 4.69) is 20.3 Å². The molecule has 1 aliphatic rings. The molecule has 0 bridgehead atoms. The zero-order valence-electron chi connectivity index (χ0n) is 5.90. The lowest BCUT2D eigenvalue weighted by Gasteiger charge is -2.05. The van der Waals surface area contributed by atoms with Crippen molar-refractivity contribution >= 4 is 0 Å². The molecule has 1 N–H and O–H groups in total. The summed E-state index contributed by atoms with van der Waals surface area (Å²) in [7, 11) is 0. The van der Waals surface area contributed by atoms with Crippen LogP contribution in [0.2, 0.25) is 0 Å². The lowest BCUT2D eigenvalue weighted by atomic mass is 10.5. The molecule has 11 heavy (non-hydrogen) atoms. The lowest BCUT2D eigenvalue weighted by Crippen LogP contribution is -2.16. The second-order valence-corrected chi connectivity index (χ2v) is 2.20. The van der Waals surface area contributed by atoms with Gasteiger partial charge in [0.15, 0.2) is 12.1 Å². The van der Waals surface area contributed by atoms with Crippen LogP contribution in [0.25, 0.3) is 0 Å². The molecular formula is C6H8N4O. The number of hydrogen-bond donors (Lipinski definition) is 1. The highest BCUT2D eigenvalue weighted by Crippen LogP contribution is 2.10. The minimum Gasteiger partial charge on any atom is -0.354 e. The summed E-state index contributed by atoms with van der Waals surface area (Å²) in [6.07, 6.45) is 2.79.